The number of nitrogens with one attached hydrogen (secondary N) is 1. The van der Waals surface area contributed by atoms with Crippen LogP contribution >= 0.6 is 11.3 Å². The van der Waals surface area contributed by atoms with E-state index in [1.165, 1.54) is 0 Å². The number of aliphatic hydroxyl groups excluding tert-OH is 1. The zero-order valence-corrected chi connectivity index (χ0v) is 10.1. The lowest BCUT2D eigenvalue weighted by molar-refractivity contribution is 0.0914. The number of rotatable bonds is 4. The van der Waals surface area contributed by atoms with E-state index in [1.54, 1.807) is 11.3 Å². The van der Waals surface area contributed by atoms with Crippen LogP contribution in [0, 0.1) is 13.8 Å². The summed E-state index contributed by atoms with van der Waals surface area (Å²) in [4.78, 5) is 13.8. The van der Waals surface area contributed by atoms with E-state index in [9.17, 15) is 9.90 Å². The number of carbonyl (C=O) groups excluding carboxylic acids is 1. The van der Waals surface area contributed by atoms with Gasteiger partial charge in [0.2, 0.25) is 0 Å². The Kier molecular flexibility index (Phi) is 4.29. The Morgan fingerprint density at radius 1 is 1.60 bits per heavy atom. The molecule has 1 aromatic heterocycles. The Morgan fingerprint density at radius 3 is 2.73 bits per heavy atom. The van der Waals surface area contributed by atoms with Crippen molar-refractivity contribution in [2.75, 3.05) is 6.54 Å². The molecule has 4 heteroatoms. The van der Waals surface area contributed by atoms with E-state index >= 15 is 0 Å². The van der Waals surface area contributed by atoms with E-state index in [1.807, 2.05) is 26.8 Å². The van der Waals surface area contributed by atoms with Crippen molar-refractivity contribution in [3.05, 3.63) is 21.4 Å². The van der Waals surface area contributed by atoms with Crippen molar-refractivity contribution in [1.29, 1.82) is 0 Å². The van der Waals surface area contributed by atoms with Crippen molar-refractivity contribution in [1.82, 2.24) is 5.32 Å². The predicted molar refractivity (Wildman–Crippen MR) is 62.4 cm³/mol. The fourth-order valence-electron chi connectivity index (χ4n) is 1.31. The molecule has 0 aromatic carbocycles. The molecular weight excluding hydrogens is 210 g/mol. The first-order valence-corrected chi connectivity index (χ1v) is 5.89. The molecule has 0 spiro atoms. The maximum atomic E-state index is 11.7. The monoisotopic (exact) mass is 227 g/mol. The van der Waals surface area contributed by atoms with Crippen LogP contribution in [0.2, 0.25) is 0 Å². The Bertz CT molecular complexity index is 346. The second-order valence-corrected chi connectivity index (χ2v) is 5.06. The minimum Gasteiger partial charge on any atom is -0.391 e. The fourth-order valence-corrected chi connectivity index (χ4v) is 2.23. The third kappa shape index (κ3) is 3.32. The minimum absolute atomic E-state index is 0.0932. The van der Waals surface area contributed by atoms with Crippen molar-refractivity contribution >= 4 is 17.2 Å². The summed E-state index contributed by atoms with van der Waals surface area (Å²) in [5.41, 5.74) is 0.723. The van der Waals surface area contributed by atoms with Crippen LogP contribution < -0.4 is 5.32 Å². The summed E-state index contributed by atoms with van der Waals surface area (Å²) in [6.07, 6.45) is 0.205. The minimum atomic E-state index is -0.450. The molecule has 1 aromatic rings. The molecule has 0 saturated carbocycles. The van der Waals surface area contributed by atoms with E-state index in [4.69, 9.17) is 0 Å². The molecule has 1 atom stereocenters. The summed E-state index contributed by atoms with van der Waals surface area (Å²) in [5.74, 6) is -0.0932. The largest absolute Gasteiger partial charge is 0.391 e. The van der Waals surface area contributed by atoms with Crippen LogP contribution in [-0.2, 0) is 0 Å². The van der Waals surface area contributed by atoms with E-state index in [-0.39, 0.29) is 5.91 Å². The van der Waals surface area contributed by atoms with Gasteiger partial charge in [-0.2, -0.15) is 0 Å². The SMILES string of the molecule is CCC(O)CNC(=O)c1cc(C)sc1C. The predicted octanol–water partition coefficient (Wildman–Crippen LogP) is 1.87. The zero-order chi connectivity index (χ0) is 11.4. The summed E-state index contributed by atoms with van der Waals surface area (Å²) in [6.45, 7) is 6.12. The molecule has 0 saturated heterocycles. The van der Waals surface area contributed by atoms with Gasteiger partial charge in [0.15, 0.2) is 0 Å². The van der Waals surface area contributed by atoms with Gasteiger partial charge in [-0.05, 0) is 26.3 Å². The van der Waals surface area contributed by atoms with Crippen LogP contribution in [-0.4, -0.2) is 23.7 Å². The molecule has 1 heterocycles. The van der Waals surface area contributed by atoms with Gasteiger partial charge < -0.3 is 10.4 Å². The summed E-state index contributed by atoms with van der Waals surface area (Å²) >= 11 is 1.61. The van der Waals surface area contributed by atoms with Gasteiger partial charge in [0, 0.05) is 16.3 Å². The molecule has 0 radical (unpaired) electrons. The number of hydrogen-bond donors (Lipinski definition) is 2. The lowest BCUT2D eigenvalue weighted by Crippen LogP contribution is -2.31. The quantitative estimate of drug-likeness (QED) is 0.825. The topological polar surface area (TPSA) is 49.3 Å². The van der Waals surface area contributed by atoms with Gasteiger partial charge in [0.1, 0.15) is 0 Å². The van der Waals surface area contributed by atoms with Crippen LogP contribution in [0.3, 0.4) is 0 Å². The van der Waals surface area contributed by atoms with Crippen LogP contribution in [0.4, 0.5) is 0 Å². The van der Waals surface area contributed by atoms with Gasteiger partial charge in [-0.3, -0.25) is 4.79 Å². The standard InChI is InChI=1S/C11H17NO2S/c1-4-9(13)6-12-11(14)10-5-7(2)15-8(10)3/h5,9,13H,4,6H2,1-3H3,(H,12,14). The lowest BCUT2D eigenvalue weighted by atomic mass is 10.2. The van der Waals surface area contributed by atoms with Gasteiger partial charge in [0.25, 0.3) is 5.91 Å². The number of amides is 1. The highest BCUT2D eigenvalue weighted by atomic mass is 32.1. The molecule has 1 rings (SSSR count). The Morgan fingerprint density at radius 2 is 2.27 bits per heavy atom. The molecule has 0 aliphatic carbocycles. The Balaban J connectivity index is 2.58. The van der Waals surface area contributed by atoms with Crippen molar-refractivity contribution < 1.29 is 9.90 Å². The molecule has 0 fully saturated rings. The Labute approximate surface area is 94.1 Å². The molecule has 1 unspecified atom stereocenters. The molecule has 3 nitrogen and oxygen atoms in total. The summed E-state index contributed by atoms with van der Waals surface area (Å²) in [7, 11) is 0. The number of aryl methyl sites for hydroxylation is 2. The highest BCUT2D eigenvalue weighted by Gasteiger charge is 2.12. The van der Waals surface area contributed by atoms with Gasteiger partial charge in [-0.25, -0.2) is 0 Å². The summed E-state index contributed by atoms with van der Waals surface area (Å²) < 4.78 is 0. The van der Waals surface area contributed by atoms with Crippen molar-refractivity contribution in [2.24, 2.45) is 0 Å². The third-order valence-electron chi connectivity index (χ3n) is 2.26. The van der Waals surface area contributed by atoms with Gasteiger partial charge in [0.05, 0.1) is 11.7 Å². The van der Waals surface area contributed by atoms with Gasteiger partial charge in [-0.1, -0.05) is 6.92 Å². The average Bonchev–Trinajstić information content (AvgIpc) is 2.53. The van der Waals surface area contributed by atoms with Gasteiger partial charge >= 0.3 is 0 Å². The first-order chi connectivity index (χ1) is 7.04. The van der Waals surface area contributed by atoms with E-state index in [0.717, 1.165) is 15.3 Å². The highest BCUT2D eigenvalue weighted by molar-refractivity contribution is 7.12. The maximum absolute atomic E-state index is 11.7. The van der Waals surface area contributed by atoms with Crippen LogP contribution in [0.1, 0.15) is 33.5 Å². The number of aliphatic hydroxyl groups is 1. The second-order valence-electron chi connectivity index (χ2n) is 3.60. The normalized spacial score (nSPS) is 12.5. The average molecular weight is 227 g/mol. The second kappa shape index (κ2) is 5.28. The summed E-state index contributed by atoms with van der Waals surface area (Å²) in [6, 6.07) is 1.88. The molecule has 1 amide bonds. The van der Waals surface area contributed by atoms with Gasteiger partial charge in [-0.15, -0.1) is 11.3 Å². The fraction of sp³-hybridized carbons (Fsp3) is 0.545. The van der Waals surface area contributed by atoms with Crippen molar-refractivity contribution in [3.63, 3.8) is 0 Å². The number of carbonyl (C=O) groups is 1. The van der Waals surface area contributed by atoms with E-state index in [2.05, 4.69) is 5.32 Å². The first kappa shape index (κ1) is 12.2. The first-order valence-electron chi connectivity index (χ1n) is 5.08. The van der Waals surface area contributed by atoms with Crippen LogP contribution in [0.5, 0.6) is 0 Å². The maximum Gasteiger partial charge on any atom is 0.252 e. The smallest absolute Gasteiger partial charge is 0.252 e. The van der Waals surface area contributed by atoms with Crippen LogP contribution in [0.15, 0.2) is 6.07 Å². The van der Waals surface area contributed by atoms with Crippen molar-refractivity contribution in [3.8, 4) is 0 Å². The molecular formula is C11H17NO2S. The summed E-state index contributed by atoms with van der Waals surface area (Å²) in [5, 5.41) is 12.0. The van der Waals surface area contributed by atoms with E-state index < -0.39 is 6.10 Å². The lowest BCUT2D eigenvalue weighted by Gasteiger charge is -2.08. The third-order valence-corrected chi connectivity index (χ3v) is 3.22. The molecule has 2 N–H and O–H groups in total. The van der Waals surface area contributed by atoms with Crippen molar-refractivity contribution in [2.45, 2.75) is 33.3 Å². The molecule has 0 aliphatic rings. The molecule has 15 heavy (non-hydrogen) atoms. The Hall–Kier alpha value is -0.870. The van der Waals surface area contributed by atoms with E-state index in [0.29, 0.717) is 13.0 Å². The molecule has 0 aliphatic heterocycles. The number of hydrogen-bond acceptors (Lipinski definition) is 3. The number of thiophene rings is 1. The van der Waals surface area contributed by atoms with Crippen LogP contribution in [0.25, 0.3) is 0 Å². The highest BCUT2D eigenvalue weighted by Crippen LogP contribution is 2.20. The molecule has 0 bridgehead atoms. The zero-order valence-electron chi connectivity index (χ0n) is 9.33. The molecule has 84 valence electrons.